The van der Waals surface area contributed by atoms with Gasteiger partial charge < -0.3 is 5.32 Å². The number of alkyl halides is 3. The topological polar surface area (TPSA) is 68.4 Å². The van der Waals surface area contributed by atoms with Crippen molar-refractivity contribution in [1.29, 1.82) is 0 Å². The van der Waals surface area contributed by atoms with E-state index in [2.05, 4.69) is 47.3 Å². The average Bonchev–Trinajstić information content (AvgIpc) is 3.05. The Morgan fingerprint density at radius 3 is 2.52 bits per heavy atom. The third-order valence-electron chi connectivity index (χ3n) is 7.07. The second-order valence-electron chi connectivity index (χ2n) is 9.76. The van der Waals surface area contributed by atoms with Gasteiger partial charge in [0.25, 0.3) is 0 Å². The van der Waals surface area contributed by atoms with Crippen molar-refractivity contribution in [2.75, 3.05) is 13.7 Å². The van der Waals surface area contributed by atoms with Crippen molar-refractivity contribution in [2.24, 2.45) is 11.3 Å². The molecule has 0 aromatic carbocycles. The Hall–Kier alpha value is -0.900. The summed E-state index contributed by atoms with van der Waals surface area (Å²) in [6.07, 6.45) is 1.87. The van der Waals surface area contributed by atoms with E-state index in [1.807, 2.05) is 0 Å². The maximum absolute atomic E-state index is 13.0. The zero-order chi connectivity index (χ0) is 21.2. The highest BCUT2D eigenvalue weighted by atomic mass is 19.4. The standard InChI is InChI=1S/C20H36F3N5O/c1-19(2,11-17-27-24-12-28(17)3)13-6-4-7-14(10-13)25-18(29)15-8-5-9-16(26-15)20(21,22)23/h13-17,24,26-27H,4-12H2,1-3H3,(H,25,29). The number of hydrogen-bond acceptors (Lipinski definition) is 5. The van der Waals surface area contributed by atoms with Crippen molar-refractivity contribution < 1.29 is 18.0 Å². The van der Waals surface area contributed by atoms with Crippen LogP contribution < -0.4 is 21.5 Å². The first-order valence-corrected chi connectivity index (χ1v) is 10.9. The Labute approximate surface area is 171 Å². The fraction of sp³-hybridized carbons (Fsp3) is 0.950. The molecule has 2 heterocycles. The summed E-state index contributed by atoms with van der Waals surface area (Å²) in [7, 11) is 2.09. The van der Waals surface area contributed by atoms with Gasteiger partial charge in [-0.1, -0.05) is 20.3 Å². The van der Waals surface area contributed by atoms with Gasteiger partial charge in [0, 0.05) is 6.04 Å². The van der Waals surface area contributed by atoms with Gasteiger partial charge >= 0.3 is 6.18 Å². The third kappa shape index (κ3) is 5.83. The second kappa shape index (κ2) is 9.08. The molecule has 0 bridgehead atoms. The number of carbonyl (C=O) groups is 1. The number of nitrogens with one attached hydrogen (secondary N) is 4. The van der Waals surface area contributed by atoms with Crippen molar-refractivity contribution >= 4 is 5.91 Å². The Morgan fingerprint density at radius 1 is 1.14 bits per heavy atom. The van der Waals surface area contributed by atoms with E-state index in [-0.39, 0.29) is 30.0 Å². The lowest BCUT2D eigenvalue weighted by molar-refractivity contribution is -0.164. The molecule has 0 aromatic heterocycles. The van der Waals surface area contributed by atoms with E-state index in [0.717, 1.165) is 38.8 Å². The number of halogens is 3. The molecule has 0 spiro atoms. The first kappa shape index (κ1) is 22.8. The number of hydrazine groups is 1. The summed E-state index contributed by atoms with van der Waals surface area (Å²) in [6.45, 7) is 5.38. The predicted molar refractivity (Wildman–Crippen MR) is 106 cm³/mol. The lowest BCUT2D eigenvalue weighted by atomic mass is 9.67. The van der Waals surface area contributed by atoms with Crippen LogP contribution >= 0.6 is 0 Å². The third-order valence-corrected chi connectivity index (χ3v) is 7.07. The highest BCUT2D eigenvalue weighted by molar-refractivity contribution is 5.82. The first-order valence-electron chi connectivity index (χ1n) is 10.9. The number of rotatable bonds is 5. The van der Waals surface area contributed by atoms with Crippen LogP contribution in [0.4, 0.5) is 13.2 Å². The zero-order valence-electron chi connectivity index (χ0n) is 17.7. The van der Waals surface area contributed by atoms with Crippen molar-refractivity contribution in [3.05, 3.63) is 0 Å². The number of piperidine rings is 1. The summed E-state index contributed by atoms with van der Waals surface area (Å²) in [4.78, 5) is 14.9. The highest BCUT2D eigenvalue weighted by Crippen LogP contribution is 2.42. The molecule has 4 N–H and O–H groups in total. The van der Waals surface area contributed by atoms with Crippen LogP contribution in [-0.2, 0) is 4.79 Å². The Morgan fingerprint density at radius 2 is 1.86 bits per heavy atom. The molecule has 6 nitrogen and oxygen atoms in total. The van der Waals surface area contributed by atoms with Crippen LogP contribution in [-0.4, -0.2) is 55.0 Å². The van der Waals surface area contributed by atoms with E-state index in [9.17, 15) is 18.0 Å². The Kier molecular flexibility index (Phi) is 7.13. The van der Waals surface area contributed by atoms with E-state index < -0.39 is 18.3 Å². The van der Waals surface area contributed by atoms with Gasteiger partial charge in [0.1, 0.15) is 6.04 Å². The van der Waals surface area contributed by atoms with Crippen LogP contribution in [0.5, 0.6) is 0 Å². The summed E-state index contributed by atoms with van der Waals surface area (Å²) in [6, 6.07) is -2.28. The van der Waals surface area contributed by atoms with Crippen LogP contribution in [0, 0.1) is 11.3 Å². The fourth-order valence-electron chi connectivity index (χ4n) is 5.11. The van der Waals surface area contributed by atoms with Crippen LogP contribution in [0.3, 0.4) is 0 Å². The molecule has 2 aliphatic heterocycles. The molecule has 0 radical (unpaired) electrons. The molecule has 9 heteroatoms. The molecule has 29 heavy (non-hydrogen) atoms. The number of hydrogen-bond donors (Lipinski definition) is 4. The van der Waals surface area contributed by atoms with Crippen molar-refractivity contribution in [2.45, 2.75) is 95.7 Å². The van der Waals surface area contributed by atoms with Crippen LogP contribution in [0.15, 0.2) is 0 Å². The molecule has 168 valence electrons. The minimum atomic E-state index is -4.30. The van der Waals surface area contributed by atoms with Gasteiger partial charge in [-0.3, -0.25) is 15.0 Å². The van der Waals surface area contributed by atoms with Crippen molar-refractivity contribution in [3.8, 4) is 0 Å². The van der Waals surface area contributed by atoms with Crippen molar-refractivity contribution in [3.63, 3.8) is 0 Å². The molecule has 1 aliphatic carbocycles. The second-order valence-corrected chi connectivity index (χ2v) is 9.76. The highest BCUT2D eigenvalue weighted by Gasteiger charge is 2.44. The van der Waals surface area contributed by atoms with Crippen LogP contribution in [0.1, 0.15) is 65.2 Å². The molecule has 1 saturated carbocycles. The zero-order valence-corrected chi connectivity index (χ0v) is 17.7. The smallest absolute Gasteiger partial charge is 0.352 e. The molecule has 0 aromatic rings. The van der Waals surface area contributed by atoms with Crippen LogP contribution in [0.25, 0.3) is 0 Å². The number of nitrogens with zero attached hydrogens (tertiary/aromatic N) is 1. The lowest BCUT2D eigenvalue weighted by Crippen LogP contribution is -2.57. The maximum Gasteiger partial charge on any atom is 0.403 e. The predicted octanol–water partition coefficient (Wildman–Crippen LogP) is 2.47. The Balaban J connectivity index is 1.53. The van der Waals surface area contributed by atoms with Crippen LogP contribution in [0.2, 0.25) is 0 Å². The number of amides is 1. The molecule has 5 unspecified atom stereocenters. The van der Waals surface area contributed by atoms with E-state index >= 15 is 0 Å². The monoisotopic (exact) mass is 419 g/mol. The van der Waals surface area contributed by atoms with Gasteiger partial charge in [0.15, 0.2) is 0 Å². The van der Waals surface area contributed by atoms with Gasteiger partial charge in [-0.2, -0.15) is 13.2 Å². The van der Waals surface area contributed by atoms with Gasteiger partial charge in [0.05, 0.1) is 18.9 Å². The SMILES string of the molecule is CN1CNNC1CC(C)(C)C1CCCC(NC(=O)C2CCCC(C(F)(F)F)N2)C1. The van der Waals surface area contributed by atoms with E-state index in [1.165, 1.54) is 0 Å². The van der Waals surface area contributed by atoms with Gasteiger partial charge in [0.2, 0.25) is 5.91 Å². The molecule has 5 atom stereocenters. The molecule has 3 rings (SSSR count). The Bertz CT molecular complexity index is 571. The van der Waals surface area contributed by atoms with E-state index in [4.69, 9.17) is 0 Å². The average molecular weight is 420 g/mol. The summed E-state index contributed by atoms with van der Waals surface area (Å²) >= 11 is 0. The lowest BCUT2D eigenvalue weighted by Gasteiger charge is -2.42. The molecule has 1 amide bonds. The normalized spacial score (nSPS) is 34.9. The van der Waals surface area contributed by atoms with Crippen molar-refractivity contribution in [1.82, 2.24) is 26.4 Å². The van der Waals surface area contributed by atoms with Gasteiger partial charge in [-0.05, 0) is 63.3 Å². The molecular weight excluding hydrogens is 383 g/mol. The summed E-state index contributed by atoms with van der Waals surface area (Å²) in [5.41, 5.74) is 6.58. The van der Waals surface area contributed by atoms with Gasteiger partial charge in [-0.15, -0.1) is 0 Å². The summed E-state index contributed by atoms with van der Waals surface area (Å²) in [5, 5.41) is 5.58. The summed E-state index contributed by atoms with van der Waals surface area (Å²) < 4.78 is 39.0. The molecule has 2 saturated heterocycles. The maximum atomic E-state index is 13.0. The van der Waals surface area contributed by atoms with E-state index in [1.54, 1.807) is 0 Å². The minimum Gasteiger partial charge on any atom is -0.352 e. The van der Waals surface area contributed by atoms with E-state index in [0.29, 0.717) is 18.8 Å². The largest absolute Gasteiger partial charge is 0.403 e. The quantitative estimate of drug-likeness (QED) is 0.551. The summed E-state index contributed by atoms with van der Waals surface area (Å²) in [5.74, 6) is 0.198. The number of carbonyl (C=O) groups excluding carboxylic acids is 1. The minimum absolute atomic E-state index is 0.0426. The molecule has 3 fully saturated rings. The molecular formula is C20H36F3N5O. The van der Waals surface area contributed by atoms with Gasteiger partial charge in [-0.25, -0.2) is 10.9 Å². The first-order chi connectivity index (χ1) is 13.6. The molecule has 3 aliphatic rings. The fourth-order valence-corrected chi connectivity index (χ4v) is 5.11.